The average molecular weight is 288 g/mol. The number of benzene rings is 1. The first kappa shape index (κ1) is 14.9. The van der Waals surface area contributed by atoms with Gasteiger partial charge in [-0.3, -0.25) is 4.79 Å². The fraction of sp³-hybridized carbons (Fsp3) is 0.273. The highest BCUT2D eigenvalue weighted by Crippen LogP contribution is 2.35. The van der Waals surface area contributed by atoms with Crippen molar-refractivity contribution in [2.75, 3.05) is 19.5 Å². The van der Waals surface area contributed by atoms with Gasteiger partial charge in [-0.15, -0.1) is 0 Å². The molecule has 1 aromatic carbocycles. The maximum Gasteiger partial charge on any atom is 0.232 e. The second-order valence-corrected chi connectivity index (χ2v) is 3.91. The molecule has 7 nitrogen and oxygen atoms in total. The third-order valence-corrected chi connectivity index (χ3v) is 2.51. The lowest BCUT2D eigenvalue weighted by atomic mass is 10.2. The number of hydrogen-bond acceptors (Lipinski definition) is 5. The minimum absolute atomic E-state index is 0.198. The summed E-state index contributed by atoms with van der Waals surface area (Å²) in [4.78, 5) is 11.6. The van der Waals surface area contributed by atoms with E-state index in [4.69, 9.17) is 32.0 Å². The van der Waals surface area contributed by atoms with Crippen LogP contribution in [0.3, 0.4) is 0 Å². The minimum atomic E-state index is -0.463. The van der Waals surface area contributed by atoms with Crippen molar-refractivity contribution in [1.29, 1.82) is 0 Å². The zero-order valence-corrected chi connectivity index (χ0v) is 11.2. The quantitative estimate of drug-likeness (QED) is 0.329. The van der Waals surface area contributed by atoms with Gasteiger partial charge < -0.3 is 25.7 Å². The third-order valence-electron chi connectivity index (χ3n) is 2.22. The van der Waals surface area contributed by atoms with Crippen molar-refractivity contribution in [1.82, 2.24) is 0 Å². The summed E-state index contributed by atoms with van der Waals surface area (Å²) in [5.74, 6) is 0.146. The molecule has 0 bridgehead atoms. The first-order chi connectivity index (χ1) is 9.01. The molecular weight excluding hydrogens is 274 g/mol. The monoisotopic (exact) mass is 287 g/mol. The number of oxime groups is 1. The van der Waals surface area contributed by atoms with Crippen LogP contribution in [-0.2, 0) is 4.79 Å². The molecule has 0 fully saturated rings. The number of hydrogen-bond donors (Lipinski definition) is 3. The Morgan fingerprint density at radius 1 is 1.42 bits per heavy atom. The van der Waals surface area contributed by atoms with Crippen LogP contribution in [0.4, 0.5) is 5.69 Å². The van der Waals surface area contributed by atoms with Crippen molar-refractivity contribution in [3.63, 3.8) is 0 Å². The van der Waals surface area contributed by atoms with Crippen LogP contribution in [0.1, 0.15) is 6.42 Å². The number of rotatable bonds is 5. The Labute approximate surface area is 114 Å². The van der Waals surface area contributed by atoms with Gasteiger partial charge in [-0.05, 0) is 6.07 Å². The summed E-state index contributed by atoms with van der Waals surface area (Å²) in [6, 6.07) is 3.03. The second kappa shape index (κ2) is 6.69. The molecule has 1 aromatic rings. The number of ether oxygens (including phenoxy) is 2. The van der Waals surface area contributed by atoms with E-state index in [-0.39, 0.29) is 12.3 Å². The number of anilines is 1. The summed E-state index contributed by atoms with van der Waals surface area (Å²) in [5, 5.41) is 14.0. The van der Waals surface area contributed by atoms with Crippen molar-refractivity contribution >= 4 is 29.0 Å². The average Bonchev–Trinajstić information content (AvgIpc) is 2.38. The van der Waals surface area contributed by atoms with Gasteiger partial charge in [0, 0.05) is 6.07 Å². The maximum absolute atomic E-state index is 11.6. The molecule has 0 aromatic heterocycles. The molecule has 0 aliphatic carbocycles. The van der Waals surface area contributed by atoms with Crippen LogP contribution < -0.4 is 20.5 Å². The topological polar surface area (TPSA) is 106 Å². The van der Waals surface area contributed by atoms with E-state index in [0.717, 1.165) is 0 Å². The Hall–Kier alpha value is -2.15. The summed E-state index contributed by atoms with van der Waals surface area (Å²) in [6.07, 6.45) is -0.247. The van der Waals surface area contributed by atoms with Crippen LogP contribution >= 0.6 is 11.6 Å². The number of carbonyl (C=O) groups excluding carboxylic acids is 1. The van der Waals surface area contributed by atoms with E-state index in [1.54, 1.807) is 6.07 Å². The molecule has 19 heavy (non-hydrogen) atoms. The lowest BCUT2D eigenvalue weighted by molar-refractivity contribution is -0.115. The lowest BCUT2D eigenvalue weighted by Gasteiger charge is -2.12. The third kappa shape index (κ3) is 3.92. The number of nitrogens with zero attached hydrogens (tertiary/aromatic N) is 1. The number of nitrogens with two attached hydrogens (primary N) is 1. The van der Waals surface area contributed by atoms with Gasteiger partial charge in [0.25, 0.3) is 0 Å². The number of amidine groups is 1. The minimum Gasteiger partial charge on any atom is -0.495 e. The molecule has 0 unspecified atom stereocenters. The molecule has 0 heterocycles. The molecular formula is C11H14ClN3O4. The van der Waals surface area contributed by atoms with Crippen molar-refractivity contribution in [3.8, 4) is 11.5 Å². The highest BCUT2D eigenvalue weighted by molar-refractivity contribution is 6.32. The van der Waals surface area contributed by atoms with E-state index in [9.17, 15) is 4.79 Å². The smallest absolute Gasteiger partial charge is 0.232 e. The number of amides is 1. The Morgan fingerprint density at radius 3 is 2.58 bits per heavy atom. The summed E-state index contributed by atoms with van der Waals surface area (Å²) in [7, 11) is 2.92. The van der Waals surface area contributed by atoms with Gasteiger partial charge in [0.05, 0.1) is 31.4 Å². The summed E-state index contributed by atoms with van der Waals surface area (Å²) in [6.45, 7) is 0. The zero-order valence-electron chi connectivity index (χ0n) is 10.4. The Bertz CT molecular complexity index is 505. The molecule has 0 spiro atoms. The molecule has 0 saturated carbocycles. The van der Waals surface area contributed by atoms with Crippen LogP contribution in [0.5, 0.6) is 11.5 Å². The van der Waals surface area contributed by atoms with Gasteiger partial charge in [-0.2, -0.15) is 0 Å². The second-order valence-electron chi connectivity index (χ2n) is 3.50. The standard InChI is InChI=1S/C11H14ClN3O4/c1-18-8-4-9(19-2)7(3-6(8)12)14-11(16)5-10(13)15-17/h3-4,17H,5H2,1-2H3,(H2,13,15)(H,14,16). The van der Waals surface area contributed by atoms with Crippen LogP contribution in [0.25, 0.3) is 0 Å². The number of methoxy groups -OCH3 is 2. The van der Waals surface area contributed by atoms with Gasteiger partial charge in [-0.1, -0.05) is 16.8 Å². The van der Waals surface area contributed by atoms with Gasteiger partial charge in [-0.25, -0.2) is 0 Å². The van der Waals surface area contributed by atoms with E-state index in [1.807, 2.05) is 0 Å². The molecule has 4 N–H and O–H groups in total. The molecule has 0 aliphatic rings. The van der Waals surface area contributed by atoms with Gasteiger partial charge in [0.15, 0.2) is 0 Å². The van der Waals surface area contributed by atoms with Crippen molar-refractivity contribution in [2.24, 2.45) is 10.9 Å². The normalized spacial score (nSPS) is 11.0. The van der Waals surface area contributed by atoms with Crippen LogP contribution in [0, 0.1) is 0 Å². The fourth-order valence-corrected chi connectivity index (χ4v) is 1.59. The highest BCUT2D eigenvalue weighted by Gasteiger charge is 2.13. The molecule has 0 radical (unpaired) electrons. The predicted molar refractivity (Wildman–Crippen MR) is 71.2 cm³/mol. The highest BCUT2D eigenvalue weighted by atomic mass is 35.5. The predicted octanol–water partition coefficient (Wildman–Crippen LogP) is 1.43. The Kier molecular flexibility index (Phi) is 5.25. The molecule has 1 amide bonds. The Balaban J connectivity index is 2.94. The number of halogens is 1. The van der Waals surface area contributed by atoms with Crippen molar-refractivity contribution in [3.05, 3.63) is 17.2 Å². The van der Waals surface area contributed by atoms with E-state index in [2.05, 4.69) is 10.5 Å². The first-order valence-corrected chi connectivity index (χ1v) is 5.57. The molecule has 0 aliphatic heterocycles. The van der Waals surface area contributed by atoms with E-state index >= 15 is 0 Å². The summed E-state index contributed by atoms with van der Waals surface area (Å²) < 4.78 is 10.1. The van der Waals surface area contributed by atoms with E-state index < -0.39 is 5.91 Å². The van der Waals surface area contributed by atoms with Gasteiger partial charge in [0.1, 0.15) is 17.3 Å². The van der Waals surface area contributed by atoms with Crippen LogP contribution in [-0.4, -0.2) is 31.2 Å². The van der Waals surface area contributed by atoms with E-state index in [1.165, 1.54) is 20.3 Å². The molecule has 104 valence electrons. The summed E-state index contributed by atoms with van der Waals surface area (Å²) >= 11 is 5.95. The Morgan fingerprint density at radius 2 is 2.05 bits per heavy atom. The molecule has 0 atom stereocenters. The molecule has 0 saturated heterocycles. The van der Waals surface area contributed by atoms with Gasteiger partial charge >= 0.3 is 0 Å². The van der Waals surface area contributed by atoms with Crippen LogP contribution in [0.15, 0.2) is 17.3 Å². The fourth-order valence-electron chi connectivity index (χ4n) is 1.35. The van der Waals surface area contributed by atoms with Crippen molar-refractivity contribution in [2.45, 2.75) is 6.42 Å². The maximum atomic E-state index is 11.6. The number of nitrogens with one attached hydrogen (secondary N) is 1. The van der Waals surface area contributed by atoms with E-state index in [0.29, 0.717) is 22.2 Å². The molecule has 8 heteroatoms. The SMILES string of the molecule is COc1cc(OC)c(NC(=O)C/C(N)=N/O)cc1Cl. The van der Waals surface area contributed by atoms with Gasteiger partial charge in [0.2, 0.25) is 5.91 Å². The summed E-state index contributed by atoms with van der Waals surface area (Å²) in [5.41, 5.74) is 5.60. The molecule has 1 rings (SSSR count). The number of carbonyl (C=O) groups is 1. The largest absolute Gasteiger partial charge is 0.495 e. The zero-order chi connectivity index (χ0) is 14.4. The van der Waals surface area contributed by atoms with Crippen LogP contribution in [0.2, 0.25) is 5.02 Å². The van der Waals surface area contributed by atoms with Crippen molar-refractivity contribution < 1.29 is 19.5 Å². The first-order valence-electron chi connectivity index (χ1n) is 5.19. The lowest BCUT2D eigenvalue weighted by Crippen LogP contribution is -2.22.